The molecule has 11 heteroatoms. The molecule has 0 bridgehead atoms. The Bertz CT molecular complexity index is 1360. The fraction of sp³-hybridized carbons (Fsp3) is 0.231. The Hall–Kier alpha value is -3.14. The summed E-state index contributed by atoms with van der Waals surface area (Å²) in [4.78, 5) is 27.6. The standard InChI is InChI=1S/C26H26Cl2FN3O4S/c1-3-30-26(34)18(2)31(16-19-9-11-20(29)12-10-19)25(33)17-32(21-13-14-23(27)24(28)15-21)37(35,36)22-7-5-4-6-8-22/h4-15,18H,3,16-17H2,1-2H3,(H,30,34)/t18-/m1/s1. The van der Waals surface area contributed by atoms with Gasteiger partial charge in [-0.05, 0) is 61.9 Å². The Kier molecular flexibility index (Phi) is 9.53. The quantitative estimate of drug-likeness (QED) is 0.379. The number of anilines is 1. The second-order valence-electron chi connectivity index (χ2n) is 8.14. The van der Waals surface area contributed by atoms with Gasteiger partial charge in [0.15, 0.2) is 0 Å². The first-order chi connectivity index (χ1) is 17.5. The van der Waals surface area contributed by atoms with Crippen LogP contribution < -0.4 is 9.62 Å². The van der Waals surface area contributed by atoms with Gasteiger partial charge in [-0.15, -0.1) is 0 Å². The zero-order chi connectivity index (χ0) is 27.2. The van der Waals surface area contributed by atoms with Gasteiger partial charge in [0.2, 0.25) is 11.8 Å². The first-order valence-corrected chi connectivity index (χ1v) is 13.6. The molecule has 2 amide bonds. The zero-order valence-electron chi connectivity index (χ0n) is 20.2. The average molecular weight is 566 g/mol. The van der Waals surface area contributed by atoms with Crippen LogP contribution in [0, 0.1) is 5.82 Å². The monoisotopic (exact) mass is 565 g/mol. The van der Waals surface area contributed by atoms with Crippen LogP contribution in [0.5, 0.6) is 0 Å². The van der Waals surface area contributed by atoms with Crippen LogP contribution in [-0.4, -0.2) is 44.3 Å². The van der Waals surface area contributed by atoms with E-state index in [1.165, 1.54) is 59.5 Å². The summed E-state index contributed by atoms with van der Waals surface area (Å²) >= 11 is 12.2. The summed E-state index contributed by atoms with van der Waals surface area (Å²) in [6.07, 6.45) is 0. The van der Waals surface area contributed by atoms with Crippen molar-refractivity contribution in [1.29, 1.82) is 0 Å². The Morgan fingerprint density at radius 3 is 2.22 bits per heavy atom. The summed E-state index contributed by atoms with van der Waals surface area (Å²) in [5.41, 5.74) is 0.692. The SMILES string of the molecule is CCNC(=O)[C@@H](C)N(Cc1ccc(F)cc1)C(=O)CN(c1ccc(Cl)c(Cl)c1)S(=O)(=O)c1ccccc1. The average Bonchev–Trinajstić information content (AvgIpc) is 2.88. The van der Waals surface area contributed by atoms with E-state index >= 15 is 0 Å². The van der Waals surface area contributed by atoms with Crippen LogP contribution in [0.25, 0.3) is 0 Å². The molecule has 0 saturated carbocycles. The Morgan fingerprint density at radius 1 is 0.973 bits per heavy atom. The van der Waals surface area contributed by atoms with Crippen LogP contribution in [0.1, 0.15) is 19.4 Å². The van der Waals surface area contributed by atoms with Gasteiger partial charge in [-0.3, -0.25) is 13.9 Å². The molecular weight excluding hydrogens is 540 g/mol. The minimum atomic E-state index is -4.21. The van der Waals surface area contributed by atoms with Gasteiger partial charge in [-0.1, -0.05) is 53.5 Å². The molecule has 0 aromatic heterocycles. The smallest absolute Gasteiger partial charge is 0.264 e. The molecule has 0 radical (unpaired) electrons. The summed E-state index contributed by atoms with van der Waals surface area (Å²) < 4.78 is 41.7. The summed E-state index contributed by atoms with van der Waals surface area (Å²) in [7, 11) is -4.21. The maximum absolute atomic E-state index is 13.7. The van der Waals surface area contributed by atoms with Crippen LogP contribution in [0.4, 0.5) is 10.1 Å². The van der Waals surface area contributed by atoms with Crippen LogP contribution >= 0.6 is 23.2 Å². The molecule has 0 aliphatic rings. The third-order valence-corrected chi connectivity index (χ3v) is 8.11. The number of amides is 2. The number of nitrogens with one attached hydrogen (secondary N) is 1. The highest BCUT2D eigenvalue weighted by atomic mass is 35.5. The molecule has 1 atom stereocenters. The highest BCUT2D eigenvalue weighted by Gasteiger charge is 2.32. The van der Waals surface area contributed by atoms with Crippen LogP contribution in [-0.2, 0) is 26.2 Å². The lowest BCUT2D eigenvalue weighted by Crippen LogP contribution is -2.51. The Morgan fingerprint density at radius 2 is 1.62 bits per heavy atom. The van der Waals surface area contributed by atoms with Crippen molar-refractivity contribution in [2.45, 2.75) is 31.3 Å². The molecule has 0 saturated heterocycles. The molecule has 3 rings (SSSR count). The lowest BCUT2D eigenvalue weighted by Gasteiger charge is -2.32. The van der Waals surface area contributed by atoms with Crippen molar-refractivity contribution < 1.29 is 22.4 Å². The lowest BCUT2D eigenvalue weighted by atomic mass is 10.1. The van der Waals surface area contributed by atoms with E-state index in [1.807, 2.05) is 0 Å². The zero-order valence-corrected chi connectivity index (χ0v) is 22.5. The summed E-state index contributed by atoms with van der Waals surface area (Å²) in [6.45, 7) is 2.97. The van der Waals surface area contributed by atoms with E-state index in [4.69, 9.17) is 23.2 Å². The predicted molar refractivity (Wildman–Crippen MR) is 143 cm³/mol. The van der Waals surface area contributed by atoms with Gasteiger partial charge in [0.05, 0.1) is 20.6 Å². The van der Waals surface area contributed by atoms with Crippen molar-refractivity contribution in [3.8, 4) is 0 Å². The Balaban J connectivity index is 2.03. The van der Waals surface area contributed by atoms with Crippen LogP contribution in [0.15, 0.2) is 77.7 Å². The highest BCUT2D eigenvalue weighted by molar-refractivity contribution is 7.92. The number of benzene rings is 3. The van der Waals surface area contributed by atoms with Gasteiger partial charge in [-0.2, -0.15) is 0 Å². The number of nitrogens with zero attached hydrogens (tertiary/aromatic N) is 2. The van der Waals surface area contributed by atoms with E-state index in [1.54, 1.807) is 32.0 Å². The number of rotatable bonds is 10. The third kappa shape index (κ3) is 7.00. The van der Waals surface area contributed by atoms with Crippen molar-refractivity contribution in [3.05, 3.63) is 94.2 Å². The van der Waals surface area contributed by atoms with E-state index < -0.39 is 40.2 Å². The number of carbonyl (C=O) groups is 2. The normalized spacial score (nSPS) is 12.0. The molecule has 0 aliphatic heterocycles. The molecular formula is C26H26Cl2FN3O4S. The largest absolute Gasteiger partial charge is 0.355 e. The minimum absolute atomic E-state index is 0.0317. The third-order valence-electron chi connectivity index (χ3n) is 5.59. The van der Waals surface area contributed by atoms with Crippen molar-refractivity contribution in [2.24, 2.45) is 0 Å². The molecule has 1 N–H and O–H groups in total. The molecule has 0 heterocycles. The van der Waals surface area contributed by atoms with Crippen LogP contribution in [0.3, 0.4) is 0 Å². The first-order valence-electron chi connectivity index (χ1n) is 11.4. The maximum Gasteiger partial charge on any atom is 0.264 e. The van der Waals surface area contributed by atoms with Crippen molar-refractivity contribution in [3.63, 3.8) is 0 Å². The Labute approximate surface area is 225 Å². The topological polar surface area (TPSA) is 86.8 Å². The van der Waals surface area contributed by atoms with E-state index in [-0.39, 0.29) is 27.2 Å². The van der Waals surface area contributed by atoms with Gasteiger partial charge in [0, 0.05) is 13.1 Å². The second-order valence-corrected chi connectivity index (χ2v) is 10.8. The minimum Gasteiger partial charge on any atom is -0.355 e. The van der Waals surface area contributed by atoms with E-state index in [0.717, 1.165) is 4.31 Å². The predicted octanol–water partition coefficient (Wildman–Crippen LogP) is 4.88. The molecule has 0 unspecified atom stereocenters. The van der Waals surface area contributed by atoms with Crippen molar-refractivity contribution in [1.82, 2.24) is 10.2 Å². The van der Waals surface area contributed by atoms with Gasteiger partial charge in [-0.25, -0.2) is 12.8 Å². The summed E-state index contributed by atoms with van der Waals surface area (Å²) in [5.74, 6) is -1.50. The fourth-order valence-corrected chi connectivity index (χ4v) is 5.30. The van der Waals surface area contributed by atoms with Crippen LogP contribution in [0.2, 0.25) is 10.0 Å². The molecule has 37 heavy (non-hydrogen) atoms. The molecule has 0 spiro atoms. The van der Waals surface area contributed by atoms with E-state index in [9.17, 15) is 22.4 Å². The number of hydrogen-bond acceptors (Lipinski definition) is 4. The molecule has 7 nitrogen and oxygen atoms in total. The number of hydrogen-bond donors (Lipinski definition) is 1. The van der Waals surface area contributed by atoms with Crippen molar-refractivity contribution in [2.75, 3.05) is 17.4 Å². The number of carbonyl (C=O) groups excluding carboxylic acids is 2. The lowest BCUT2D eigenvalue weighted by molar-refractivity contribution is -0.139. The number of halogens is 3. The molecule has 196 valence electrons. The highest BCUT2D eigenvalue weighted by Crippen LogP contribution is 2.30. The summed E-state index contributed by atoms with van der Waals surface area (Å²) in [5, 5.41) is 3.00. The van der Waals surface area contributed by atoms with Gasteiger partial charge in [0.1, 0.15) is 18.4 Å². The van der Waals surface area contributed by atoms with E-state index in [0.29, 0.717) is 12.1 Å². The number of sulfonamides is 1. The second kappa shape index (κ2) is 12.4. The molecule has 3 aromatic carbocycles. The first kappa shape index (κ1) is 28.4. The number of likely N-dealkylation sites (N-methyl/N-ethyl adjacent to an activating group) is 1. The molecule has 0 aliphatic carbocycles. The molecule has 0 fully saturated rings. The van der Waals surface area contributed by atoms with Gasteiger partial charge in [0.25, 0.3) is 10.0 Å². The maximum atomic E-state index is 13.7. The fourth-order valence-electron chi connectivity index (χ4n) is 3.58. The van der Waals surface area contributed by atoms with Crippen molar-refractivity contribution >= 4 is 50.7 Å². The van der Waals surface area contributed by atoms with Gasteiger partial charge >= 0.3 is 0 Å². The summed E-state index contributed by atoms with van der Waals surface area (Å²) in [6, 6.07) is 16.4. The van der Waals surface area contributed by atoms with Gasteiger partial charge < -0.3 is 10.2 Å². The van der Waals surface area contributed by atoms with E-state index in [2.05, 4.69) is 5.32 Å². The molecule has 3 aromatic rings.